The summed E-state index contributed by atoms with van der Waals surface area (Å²) in [4.78, 5) is 0. The Kier molecular flexibility index (Phi) is 4.24. The van der Waals surface area contributed by atoms with Crippen LogP contribution < -0.4 is 5.32 Å². The Labute approximate surface area is 123 Å². The Morgan fingerprint density at radius 3 is 2.30 bits per heavy atom. The third-order valence-electron chi connectivity index (χ3n) is 4.39. The fourth-order valence-corrected chi connectivity index (χ4v) is 4.00. The van der Waals surface area contributed by atoms with Crippen molar-refractivity contribution in [2.75, 3.05) is 0 Å². The van der Waals surface area contributed by atoms with Crippen molar-refractivity contribution in [1.82, 2.24) is 5.32 Å². The van der Waals surface area contributed by atoms with E-state index >= 15 is 0 Å². The summed E-state index contributed by atoms with van der Waals surface area (Å²) < 4.78 is 13.6. The number of rotatable bonds is 3. The molecule has 0 saturated heterocycles. The van der Waals surface area contributed by atoms with Gasteiger partial charge < -0.3 is 5.32 Å². The lowest BCUT2D eigenvalue weighted by molar-refractivity contribution is 0.0845. The van der Waals surface area contributed by atoms with Crippen molar-refractivity contribution in [3.05, 3.63) is 35.1 Å². The predicted octanol–water partition coefficient (Wildman–Crippen LogP) is 4.83. The Morgan fingerprint density at radius 2 is 1.75 bits per heavy atom. The van der Waals surface area contributed by atoms with E-state index in [0.717, 1.165) is 12.1 Å². The number of halogens is 1. The van der Waals surface area contributed by atoms with Crippen LogP contribution >= 0.6 is 0 Å². The molecule has 1 fully saturated rings. The van der Waals surface area contributed by atoms with Crippen LogP contribution in [0.3, 0.4) is 0 Å². The molecule has 1 saturated carbocycles. The summed E-state index contributed by atoms with van der Waals surface area (Å²) in [6.07, 6.45) is 3.67. The van der Waals surface area contributed by atoms with Crippen LogP contribution in [0, 0.1) is 23.6 Å². The Balaban J connectivity index is 1.98. The highest BCUT2D eigenvalue weighted by atomic mass is 19.1. The maximum atomic E-state index is 13.6. The molecule has 0 amide bonds. The van der Waals surface area contributed by atoms with E-state index in [2.05, 4.69) is 33.0 Å². The van der Waals surface area contributed by atoms with Crippen LogP contribution in [0.1, 0.15) is 58.1 Å². The average Bonchev–Trinajstić information content (AvgIpc) is 2.27. The zero-order chi connectivity index (χ0) is 15.0. The molecular formula is C18H28FN. The van der Waals surface area contributed by atoms with Gasteiger partial charge in [-0.05, 0) is 54.2 Å². The lowest BCUT2D eigenvalue weighted by Crippen LogP contribution is -2.43. The van der Waals surface area contributed by atoms with E-state index in [4.69, 9.17) is 0 Å². The first-order chi connectivity index (χ1) is 9.17. The van der Waals surface area contributed by atoms with Gasteiger partial charge in [0, 0.05) is 12.6 Å². The SMILES string of the molecule is Cc1ccc(CNC2CC(C)(C)CC(C)(C)C2)cc1F. The molecule has 2 rings (SSSR count). The third-order valence-corrected chi connectivity index (χ3v) is 4.39. The first kappa shape index (κ1) is 15.5. The van der Waals surface area contributed by atoms with E-state index in [0.29, 0.717) is 22.4 Å². The van der Waals surface area contributed by atoms with Crippen LogP contribution in [0.2, 0.25) is 0 Å². The quantitative estimate of drug-likeness (QED) is 0.834. The topological polar surface area (TPSA) is 12.0 Å². The van der Waals surface area contributed by atoms with E-state index in [-0.39, 0.29) is 5.82 Å². The van der Waals surface area contributed by atoms with Crippen LogP contribution in [0.4, 0.5) is 4.39 Å². The summed E-state index contributed by atoms with van der Waals surface area (Å²) in [5, 5.41) is 3.63. The molecular weight excluding hydrogens is 249 g/mol. The van der Waals surface area contributed by atoms with E-state index in [9.17, 15) is 4.39 Å². The Bertz CT molecular complexity index is 460. The maximum Gasteiger partial charge on any atom is 0.126 e. The molecule has 1 nitrogen and oxygen atoms in total. The highest BCUT2D eigenvalue weighted by molar-refractivity contribution is 5.23. The Morgan fingerprint density at radius 1 is 1.15 bits per heavy atom. The first-order valence-electron chi connectivity index (χ1n) is 7.65. The van der Waals surface area contributed by atoms with Crippen LogP contribution in [-0.4, -0.2) is 6.04 Å². The fraction of sp³-hybridized carbons (Fsp3) is 0.667. The molecule has 0 unspecified atom stereocenters. The lowest BCUT2D eigenvalue weighted by atomic mass is 9.63. The number of hydrogen-bond acceptors (Lipinski definition) is 1. The van der Waals surface area contributed by atoms with Gasteiger partial charge in [-0.2, -0.15) is 0 Å². The van der Waals surface area contributed by atoms with Gasteiger partial charge in [-0.3, -0.25) is 0 Å². The molecule has 2 heteroatoms. The average molecular weight is 277 g/mol. The highest BCUT2D eigenvalue weighted by Gasteiger charge is 2.38. The molecule has 0 aromatic heterocycles. The minimum atomic E-state index is -0.103. The molecule has 1 N–H and O–H groups in total. The van der Waals surface area contributed by atoms with Gasteiger partial charge in [0.2, 0.25) is 0 Å². The van der Waals surface area contributed by atoms with Crippen molar-refractivity contribution in [1.29, 1.82) is 0 Å². The summed E-state index contributed by atoms with van der Waals surface area (Å²) in [6.45, 7) is 12.0. The smallest absolute Gasteiger partial charge is 0.126 e. The zero-order valence-corrected chi connectivity index (χ0v) is 13.5. The van der Waals surface area contributed by atoms with Gasteiger partial charge in [-0.1, -0.05) is 39.8 Å². The number of benzene rings is 1. The summed E-state index contributed by atoms with van der Waals surface area (Å²) in [7, 11) is 0. The molecule has 0 atom stereocenters. The minimum Gasteiger partial charge on any atom is -0.310 e. The van der Waals surface area contributed by atoms with Crippen molar-refractivity contribution in [2.45, 2.75) is 66.5 Å². The van der Waals surface area contributed by atoms with E-state index in [1.165, 1.54) is 19.3 Å². The van der Waals surface area contributed by atoms with Crippen LogP contribution in [-0.2, 0) is 6.54 Å². The van der Waals surface area contributed by atoms with E-state index in [1.54, 1.807) is 13.0 Å². The summed E-state index contributed by atoms with van der Waals surface area (Å²) >= 11 is 0. The lowest BCUT2D eigenvalue weighted by Gasteiger charge is -2.45. The minimum absolute atomic E-state index is 0.103. The summed E-state index contributed by atoms with van der Waals surface area (Å²) in [6, 6.07) is 6.06. The van der Waals surface area contributed by atoms with Crippen molar-refractivity contribution in [3.8, 4) is 0 Å². The fourth-order valence-electron chi connectivity index (χ4n) is 4.00. The third kappa shape index (κ3) is 4.05. The molecule has 0 spiro atoms. The monoisotopic (exact) mass is 277 g/mol. The number of nitrogens with one attached hydrogen (secondary N) is 1. The van der Waals surface area contributed by atoms with Gasteiger partial charge >= 0.3 is 0 Å². The van der Waals surface area contributed by atoms with E-state index in [1.807, 2.05) is 12.1 Å². The molecule has 1 aliphatic rings. The van der Waals surface area contributed by atoms with Crippen molar-refractivity contribution in [2.24, 2.45) is 10.8 Å². The van der Waals surface area contributed by atoms with Crippen molar-refractivity contribution < 1.29 is 4.39 Å². The molecule has 0 heterocycles. The van der Waals surface area contributed by atoms with Gasteiger partial charge in [0.25, 0.3) is 0 Å². The number of aryl methyl sites for hydroxylation is 1. The van der Waals surface area contributed by atoms with Gasteiger partial charge in [0.05, 0.1) is 0 Å². The van der Waals surface area contributed by atoms with Gasteiger partial charge in [0.1, 0.15) is 5.82 Å². The van der Waals surface area contributed by atoms with Gasteiger partial charge in [-0.25, -0.2) is 4.39 Å². The molecule has 112 valence electrons. The molecule has 0 aliphatic heterocycles. The van der Waals surface area contributed by atoms with Crippen LogP contribution in [0.5, 0.6) is 0 Å². The van der Waals surface area contributed by atoms with Gasteiger partial charge in [0.15, 0.2) is 0 Å². The zero-order valence-electron chi connectivity index (χ0n) is 13.5. The molecule has 1 aromatic rings. The van der Waals surface area contributed by atoms with Gasteiger partial charge in [-0.15, -0.1) is 0 Å². The molecule has 0 radical (unpaired) electrons. The second-order valence-electron chi connectivity index (χ2n) is 8.07. The predicted molar refractivity (Wildman–Crippen MR) is 83.2 cm³/mol. The summed E-state index contributed by atoms with van der Waals surface area (Å²) in [5.41, 5.74) is 2.53. The van der Waals surface area contributed by atoms with Crippen molar-refractivity contribution >= 4 is 0 Å². The second kappa shape index (κ2) is 5.48. The molecule has 20 heavy (non-hydrogen) atoms. The summed E-state index contributed by atoms with van der Waals surface area (Å²) in [5.74, 6) is -0.103. The van der Waals surface area contributed by atoms with Crippen LogP contribution in [0.15, 0.2) is 18.2 Å². The van der Waals surface area contributed by atoms with Crippen molar-refractivity contribution in [3.63, 3.8) is 0 Å². The first-order valence-corrected chi connectivity index (χ1v) is 7.65. The normalized spacial score (nSPS) is 21.9. The maximum absolute atomic E-state index is 13.6. The number of hydrogen-bond donors (Lipinski definition) is 1. The molecule has 1 aliphatic carbocycles. The highest BCUT2D eigenvalue weighted by Crippen LogP contribution is 2.45. The molecule has 0 bridgehead atoms. The second-order valence-corrected chi connectivity index (χ2v) is 8.07. The van der Waals surface area contributed by atoms with E-state index < -0.39 is 0 Å². The Hall–Kier alpha value is -0.890. The largest absolute Gasteiger partial charge is 0.310 e. The standard InChI is InChI=1S/C18H28FN/c1-13-6-7-14(8-16(13)19)11-20-15-9-17(2,3)12-18(4,5)10-15/h6-8,15,20H,9-12H2,1-5H3. The van der Waals surface area contributed by atoms with Crippen LogP contribution in [0.25, 0.3) is 0 Å². The molecule has 1 aromatic carbocycles.